The smallest absolute Gasteiger partial charge is 0.306 e. The molecule has 0 aromatic carbocycles. The van der Waals surface area contributed by atoms with Crippen molar-refractivity contribution in [1.82, 2.24) is 0 Å². The second-order valence-corrected chi connectivity index (χ2v) is 15.6. The first kappa shape index (κ1) is 51.3. The van der Waals surface area contributed by atoms with E-state index in [1.807, 2.05) is 0 Å². The summed E-state index contributed by atoms with van der Waals surface area (Å²) in [7, 11) is 5.38. The van der Waals surface area contributed by atoms with Gasteiger partial charge in [-0.2, -0.15) is 0 Å². The molecule has 0 amide bonds. The van der Waals surface area contributed by atoms with E-state index in [-0.39, 0.29) is 49.1 Å². The van der Waals surface area contributed by atoms with Crippen molar-refractivity contribution < 1.29 is 38.2 Å². The molecule has 0 aliphatic heterocycles. The summed E-state index contributed by atoms with van der Waals surface area (Å²) in [6, 6.07) is -0.734. The zero-order chi connectivity index (χ0) is 40.0. The van der Waals surface area contributed by atoms with Crippen LogP contribution in [0, 0.1) is 0 Å². The summed E-state index contributed by atoms with van der Waals surface area (Å²) in [5, 5.41) is 11.6. The van der Waals surface area contributed by atoms with Gasteiger partial charge < -0.3 is 28.6 Å². The average molecular weight is 760 g/mol. The van der Waals surface area contributed by atoms with E-state index in [2.05, 4.69) is 62.5 Å². The maximum atomic E-state index is 12.7. The van der Waals surface area contributed by atoms with E-state index in [1.54, 1.807) is 21.1 Å². The van der Waals surface area contributed by atoms with Crippen molar-refractivity contribution >= 4 is 17.9 Å². The Morgan fingerprint density at radius 2 is 1.00 bits per heavy atom. The summed E-state index contributed by atoms with van der Waals surface area (Å²) in [4.78, 5) is 36.8. The second-order valence-electron chi connectivity index (χ2n) is 15.6. The van der Waals surface area contributed by atoms with Gasteiger partial charge in [0.05, 0.1) is 40.3 Å². The first-order chi connectivity index (χ1) is 26.1. The molecule has 8 nitrogen and oxygen atoms in total. The van der Waals surface area contributed by atoms with Crippen LogP contribution in [0.1, 0.15) is 174 Å². The Morgan fingerprint density at radius 1 is 0.556 bits per heavy atom. The molecule has 54 heavy (non-hydrogen) atoms. The number of esters is 2. The molecule has 0 saturated heterocycles. The van der Waals surface area contributed by atoms with Crippen LogP contribution in [0.4, 0.5) is 0 Å². The van der Waals surface area contributed by atoms with Crippen molar-refractivity contribution in [1.29, 1.82) is 0 Å². The van der Waals surface area contributed by atoms with Crippen LogP contribution in [0.3, 0.4) is 0 Å². The number of nitrogens with zero attached hydrogens (tertiary/aromatic N) is 1. The molecule has 0 aromatic heterocycles. The Morgan fingerprint density at radius 3 is 1.50 bits per heavy atom. The number of allylic oxidation sites excluding steroid dienone is 8. The Hall–Kier alpha value is -2.71. The number of rotatable bonds is 38. The van der Waals surface area contributed by atoms with Crippen LogP contribution in [0.2, 0.25) is 0 Å². The number of ether oxygens (including phenoxy) is 3. The number of unbranched alkanes of at least 4 members (excludes halogenated alkanes) is 16. The predicted octanol–water partition coefficient (Wildman–Crippen LogP) is 10.3. The van der Waals surface area contributed by atoms with Crippen molar-refractivity contribution in [3.05, 3.63) is 48.6 Å². The number of aliphatic carboxylic acids is 1. The maximum Gasteiger partial charge on any atom is 0.306 e. The highest BCUT2D eigenvalue weighted by Gasteiger charge is 2.25. The number of likely N-dealkylation sites (N-methyl/N-ethyl adjacent to an activating group) is 1. The van der Waals surface area contributed by atoms with Gasteiger partial charge in [-0.1, -0.05) is 152 Å². The monoisotopic (exact) mass is 760 g/mol. The molecule has 1 unspecified atom stereocenters. The average Bonchev–Trinajstić information content (AvgIpc) is 3.12. The molecule has 0 heterocycles. The Bertz CT molecular complexity index is 1030. The highest BCUT2D eigenvalue weighted by atomic mass is 16.6. The van der Waals surface area contributed by atoms with E-state index in [1.165, 1.54) is 89.9 Å². The SMILES string of the molecule is CCCCC/C=C\C/C=C\C/C=C\C/C=C\CCCC(=O)O[C@@H](COCCC(C(=O)[O-])[N+](C)(C)C)COC(=O)CCCCCCCCCCCCCCC. The van der Waals surface area contributed by atoms with Crippen molar-refractivity contribution in [2.45, 2.75) is 187 Å². The molecule has 0 N–H and O–H groups in total. The minimum absolute atomic E-state index is 0.0197. The van der Waals surface area contributed by atoms with Crippen LogP contribution in [0.15, 0.2) is 48.6 Å². The zero-order valence-corrected chi connectivity index (χ0v) is 35.4. The summed E-state index contributed by atoms with van der Waals surface area (Å²) >= 11 is 0. The predicted molar refractivity (Wildman–Crippen MR) is 222 cm³/mol. The van der Waals surface area contributed by atoms with Crippen molar-refractivity contribution in [2.75, 3.05) is 41.0 Å². The third-order valence-corrected chi connectivity index (χ3v) is 9.47. The summed E-state index contributed by atoms with van der Waals surface area (Å²) in [5.41, 5.74) is 0. The molecule has 0 spiro atoms. The van der Waals surface area contributed by atoms with Crippen molar-refractivity contribution in [3.63, 3.8) is 0 Å². The molecule has 0 radical (unpaired) electrons. The molecular formula is C46H81NO7. The number of hydrogen-bond acceptors (Lipinski definition) is 7. The lowest BCUT2D eigenvalue weighted by atomic mass is 10.0. The normalized spacial score (nSPS) is 13.4. The van der Waals surface area contributed by atoms with Crippen LogP contribution in [0.25, 0.3) is 0 Å². The standard InChI is InChI=1S/C46H81NO7/c1-6-8-10-12-14-16-18-20-21-22-23-25-27-29-31-33-35-37-45(49)54-42(40-52-39-38-43(46(50)51)47(3,4)5)41-53-44(48)36-34-32-30-28-26-24-19-17-15-13-11-9-7-2/h14,16,20-21,23,25,29,31,42-43H,6-13,15,17-19,22,24,26-28,30,32-41H2,1-5H3/b16-14-,21-20-,25-23-,31-29-/t42-,43?/m0/s1. The summed E-state index contributed by atoms with van der Waals surface area (Å²) in [5.74, 6) is -1.81. The zero-order valence-electron chi connectivity index (χ0n) is 35.4. The number of carbonyl (C=O) groups is 3. The summed E-state index contributed by atoms with van der Waals surface area (Å²) in [6.45, 7) is 4.57. The van der Waals surface area contributed by atoms with Gasteiger partial charge in [-0.3, -0.25) is 9.59 Å². The highest BCUT2D eigenvalue weighted by Crippen LogP contribution is 2.14. The van der Waals surface area contributed by atoms with E-state index in [4.69, 9.17) is 14.2 Å². The number of carboxylic acids is 1. The molecule has 0 fully saturated rings. The second kappa shape index (κ2) is 37.2. The first-order valence-electron chi connectivity index (χ1n) is 21.7. The van der Waals surface area contributed by atoms with E-state index in [0.29, 0.717) is 12.8 Å². The fourth-order valence-electron chi connectivity index (χ4n) is 6.06. The van der Waals surface area contributed by atoms with Gasteiger partial charge in [0.25, 0.3) is 0 Å². The summed E-state index contributed by atoms with van der Waals surface area (Å²) < 4.78 is 17.1. The quantitative estimate of drug-likeness (QED) is 0.0267. The first-order valence-corrected chi connectivity index (χ1v) is 21.7. The minimum Gasteiger partial charge on any atom is -0.544 e. The number of hydrogen-bond donors (Lipinski definition) is 0. The van der Waals surface area contributed by atoms with Crippen LogP contribution >= 0.6 is 0 Å². The highest BCUT2D eigenvalue weighted by molar-refractivity contribution is 5.70. The third kappa shape index (κ3) is 35.0. The fraction of sp³-hybridized carbons (Fsp3) is 0.761. The van der Waals surface area contributed by atoms with E-state index in [9.17, 15) is 19.5 Å². The van der Waals surface area contributed by atoms with Gasteiger partial charge in [0, 0.05) is 19.3 Å². The Labute approximate surface area is 331 Å². The lowest BCUT2D eigenvalue weighted by molar-refractivity contribution is -0.889. The van der Waals surface area contributed by atoms with Gasteiger partial charge in [-0.05, 0) is 51.4 Å². The minimum atomic E-state index is -1.13. The summed E-state index contributed by atoms with van der Waals surface area (Å²) in [6.07, 6.45) is 42.8. The van der Waals surface area contributed by atoms with Gasteiger partial charge in [-0.25, -0.2) is 0 Å². The van der Waals surface area contributed by atoms with Crippen molar-refractivity contribution in [2.24, 2.45) is 0 Å². The molecule has 0 saturated carbocycles. The van der Waals surface area contributed by atoms with Crippen LogP contribution < -0.4 is 5.11 Å². The van der Waals surface area contributed by atoms with Crippen LogP contribution in [-0.2, 0) is 28.6 Å². The van der Waals surface area contributed by atoms with E-state index >= 15 is 0 Å². The van der Waals surface area contributed by atoms with Gasteiger partial charge in [0.1, 0.15) is 12.6 Å². The molecule has 0 aliphatic carbocycles. The maximum absolute atomic E-state index is 12.7. The number of carbonyl (C=O) groups excluding carboxylic acids is 3. The topological polar surface area (TPSA) is 102 Å². The molecule has 0 aliphatic rings. The van der Waals surface area contributed by atoms with E-state index < -0.39 is 18.1 Å². The Balaban J connectivity index is 4.46. The van der Waals surface area contributed by atoms with Crippen molar-refractivity contribution in [3.8, 4) is 0 Å². The van der Waals surface area contributed by atoms with Gasteiger partial charge in [-0.15, -0.1) is 0 Å². The van der Waals surface area contributed by atoms with Gasteiger partial charge in [0.15, 0.2) is 6.10 Å². The lowest BCUT2D eigenvalue weighted by Gasteiger charge is -2.34. The van der Waals surface area contributed by atoms with Crippen LogP contribution in [-0.4, -0.2) is 75.5 Å². The molecule has 0 rings (SSSR count). The fourth-order valence-corrected chi connectivity index (χ4v) is 6.06. The Kier molecular flexibility index (Phi) is 35.4. The van der Waals surface area contributed by atoms with E-state index in [0.717, 1.165) is 44.9 Å². The molecule has 0 bridgehead atoms. The third-order valence-electron chi connectivity index (χ3n) is 9.47. The number of carboxylic acid groups (broad SMARTS) is 1. The van der Waals surface area contributed by atoms with Gasteiger partial charge in [0.2, 0.25) is 0 Å². The van der Waals surface area contributed by atoms with Gasteiger partial charge >= 0.3 is 11.9 Å². The lowest BCUT2D eigenvalue weighted by Crippen LogP contribution is -2.55. The molecule has 0 aromatic rings. The molecule has 312 valence electrons. The molecule has 2 atom stereocenters. The number of quaternary nitrogens is 1. The largest absolute Gasteiger partial charge is 0.544 e. The van der Waals surface area contributed by atoms with Crippen LogP contribution in [0.5, 0.6) is 0 Å². The molecule has 8 heteroatoms. The molecular weight excluding hydrogens is 679 g/mol.